The maximum Gasteiger partial charge on any atom is 0.416 e. The highest BCUT2D eigenvalue weighted by Gasteiger charge is 2.49. The molecule has 2 fully saturated rings. The van der Waals surface area contributed by atoms with Gasteiger partial charge in [-0.3, -0.25) is 19.4 Å². The van der Waals surface area contributed by atoms with Gasteiger partial charge in [-0.15, -0.1) is 10.2 Å². The Kier molecular flexibility index (Phi) is 7.63. The molecule has 1 aliphatic carbocycles. The number of rotatable bonds is 10. The number of carbonyl (C=O) groups excluding carboxylic acids is 2. The molecule has 1 amide bonds. The molecule has 0 bridgehead atoms. The summed E-state index contributed by atoms with van der Waals surface area (Å²) in [6.07, 6.45) is -0.960. The fourth-order valence-electron chi connectivity index (χ4n) is 6.46. The van der Waals surface area contributed by atoms with Crippen LogP contribution in [0.15, 0.2) is 30.6 Å². The van der Waals surface area contributed by atoms with Crippen molar-refractivity contribution in [2.75, 3.05) is 23.3 Å². The summed E-state index contributed by atoms with van der Waals surface area (Å²) in [6.45, 7) is 7.86. The van der Waals surface area contributed by atoms with Crippen LogP contribution in [0.2, 0.25) is 0 Å². The van der Waals surface area contributed by atoms with E-state index in [9.17, 15) is 22.8 Å². The first-order valence-electron chi connectivity index (χ1n) is 14.9. The van der Waals surface area contributed by atoms with E-state index in [0.717, 1.165) is 54.7 Å². The van der Waals surface area contributed by atoms with Crippen LogP contribution in [0.4, 0.5) is 24.8 Å². The molecule has 3 aromatic rings. The van der Waals surface area contributed by atoms with E-state index in [1.165, 1.54) is 6.07 Å². The zero-order valence-electron chi connectivity index (χ0n) is 25.2. The lowest BCUT2D eigenvalue weighted by atomic mass is 9.97. The summed E-state index contributed by atoms with van der Waals surface area (Å²) in [4.78, 5) is 33.5. The van der Waals surface area contributed by atoms with Crippen molar-refractivity contribution in [2.45, 2.75) is 77.4 Å². The lowest BCUT2D eigenvalue weighted by molar-refractivity contribution is -0.142. The lowest BCUT2D eigenvalue weighted by Crippen LogP contribution is -2.31. The zero-order chi connectivity index (χ0) is 31.4. The first-order chi connectivity index (χ1) is 20.9. The molecule has 4 heterocycles. The summed E-state index contributed by atoms with van der Waals surface area (Å²) < 4.78 is 50.9. The number of ether oxygens (including phenoxy) is 1. The van der Waals surface area contributed by atoms with Gasteiger partial charge in [-0.25, -0.2) is 4.98 Å². The Hall–Kier alpha value is -4.00. The molecule has 1 unspecified atom stereocenters. The Morgan fingerprint density at radius 2 is 1.93 bits per heavy atom. The number of benzene rings is 1. The quantitative estimate of drug-likeness (QED) is 0.312. The van der Waals surface area contributed by atoms with Gasteiger partial charge in [-0.2, -0.15) is 13.2 Å². The van der Waals surface area contributed by atoms with E-state index in [2.05, 4.69) is 25.4 Å². The van der Waals surface area contributed by atoms with Crippen LogP contribution in [0.5, 0.6) is 0 Å². The summed E-state index contributed by atoms with van der Waals surface area (Å²) in [5.41, 5.74) is -0.0256. The Bertz CT molecular complexity index is 1580. The standard InChI is InChI=1S/C31H36F3N7O3/c1-18(2)36-24-12-21(19(3)9-26-38-35-16-39(26)4)13-25(37-24)41-28(43)22-10-20(14-40-8-7-30(15-40)5-6-30)11-23(31(32,33)34)27(22)29(41)44-17-42/h10-13,16-19,29H,5-9,14-15H2,1-4H3,(H,36,37)/t19-,29?/m1/s1. The van der Waals surface area contributed by atoms with Crippen LogP contribution < -0.4 is 10.2 Å². The number of nitrogens with one attached hydrogen (secondary N) is 1. The molecule has 13 heteroatoms. The first kappa shape index (κ1) is 30.0. The molecule has 0 radical (unpaired) electrons. The second kappa shape index (κ2) is 11.2. The van der Waals surface area contributed by atoms with Crippen molar-refractivity contribution < 1.29 is 27.5 Å². The minimum atomic E-state index is -4.78. The number of hydrogen-bond acceptors (Lipinski definition) is 8. The summed E-state index contributed by atoms with van der Waals surface area (Å²) >= 11 is 0. The molecule has 2 atom stereocenters. The van der Waals surface area contributed by atoms with Crippen molar-refractivity contribution in [3.05, 3.63) is 64.2 Å². The van der Waals surface area contributed by atoms with Gasteiger partial charge in [-0.05, 0) is 86.4 Å². The van der Waals surface area contributed by atoms with Crippen LogP contribution in [-0.2, 0) is 35.7 Å². The molecule has 6 rings (SSSR count). The van der Waals surface area contributed by atoms with Crippen LogP contribution in [0.1, 0.15) is 90.6 Å². The van der Waals surface area contributed by atoms with E-state index >= 15 is 0 Å². The normalized spacial score (nSPS) is 20.0. The molecule has 10 nitrogen and oxygen atoms in total. The molecular formula is C31H36F3N7O3. The summed E-state index contributed by atoms with van der Waals surface area (Å²) in [5, 5.41) is 11.3. The van der Waals surface area contributed by atoms with Crippen LogP contribution >= 0.6 is 0 Å². The SMILES string of the molecule is CC(C)Nc1cc([C@H](C)Cc2nncn2C)cc(N2C(=O)c3cc(CN4CCC5(CC5)C4)cc(C(F)(F)F)c3C2OC=O)n1. The third kappa shape index (κ3) is 5.76. The van der Waals surface area contributed by atoms with Crippen LogP contribution in [0.3, 0.4) is 0 Å². The first-order valence-corrected chi connectivity index (χ1v) is 14.9. The molecule has 1 saturated carbocycles. The molecular weight excluding hydrogens is 575 g/mol. The van der Waals surface area contributed by atoms with Gasteiger partial charge in [0.1, 0.15) is 23.8 Å². The number of aryl methyl sites for hydroxylation is 1. The van der Waals surface area contributed by atoms with E-state index in [1.807, 2.05) is 38.5 Å². The van der Waals surface area contributed by atoms with Gasteiger partial charge in [0.15, 0.2) is 0 Å². The highest BCUT2D eigenvalue weighted by atomic mass is 19.4. The third-order valence-corrected chi connectivity index (χ3v) is 8.92. The number of halogens is 3. The van der Waals surface area contributed by atoms with E-state index < -0.39 is 23.9 Å². The number of aromatic nitrogens is 4. The van der Waals surface area contributed by atoms with Gasteiger partial charge in [-0.1, -0.05) is 6.92 Å². The van der Waals surface area contributed by atoms with Gasteiger partial charge in [0.05, 0.1) is 5.56 Å². The number of alkyl halides is 3. The average Bonchev–Trinajstić information content (AvgIpc) is 3.26. The molecule has 1 aromatic carbocycles. The summed E-state index contributed by atoms with van der Waals surface area (Å²) in [5.74, 6) is 0.430. The highest BCUT2D eigenvalue weighted by molar-refractivity contribution is 6.11. The van der Waals surface area contributed by atoms with Crippen molar-refractivity contribution in [3.8, 4) is 0 Å². The molecule has 3 aliphatic rings. The number of amides is 1. The molecule has 2 aromatic heterocycles. The Morgan fingerprint density at radius 1 is 1.16 bits per heavy atom. The number of fused-ring (bicyclic) bond motifs is 1. The molecule has 1 spiro atoms. The smallest absolute Gasteiger partial charge is 0.416 e. The van der Waals surface area contributed by atoms with Crippen LogP contribution in [0, 0.1) is 5.41 Å². The number of nitrogens with zero attached hydrogens (tertiary/aromatic N) is 6. The average molecular weight is 612 g/mol. The lowest BCUT2D eigenvalue weighted by Gasteiger charge is -2.26. The minimum absolute atomic E-state index is 0.0205. The molecule has 2 aliphatic heterocycles. The minimum Gasteiger partial charge on any atom is -0.439 e. The Morgan fingerprint density at radius 3 is 2.55 bits per heavy atom. The molecule has 1 saturated heterocycles. The van der Waals surface area contributed by atoms with Gasteiger partial charge >= 0.3 is 6.18 Å². The number of pyridine rings is 1. The van der Waals surface area contributed by atoms with Gasteiger partial charge in [0.2, 0.25) is 6.23 Å². The fraction of sp³-hybridized carbons (Fsp3) is 0.516. The monoisotopic (exact) mass is 611 g/mol. The molecule has 234 valence electrons. The van der Waals surface area contributed by atoms with Crippen molar-refractivity contribution in [3.63, 3.8) is 0 Å². The van der Waals surface area contributed by atoms with Crippen molar-refractivity contribution in [1.29, 1.82) is 0 Å². The van der Waals surface area contributed by atoms with E-state index in [1.54, 1.807) is 12.4 Å². The van der Waals surface area contributed by atoms with E-state index in [-0.39, 0.29) is 35.4 Å². The number of hydrogen-bond donors (Lipinski definition) is 1. The van der Waals surface area contributed by atoms with Crippen molar-refractivity contribution in [2.24, 2.45) is 12.5 Å². The van der Waals surface area contributed by atoms with E-state index in [4.69, 9.17) is 4.74 Å². The Balaban J connectivity index is 1.41. The summed E-state index contributed by atoms with van der Waals surface area (Å²) in [6, 6.07) is 6.08. The maximum absolute atomic E-state index is 14.6. The van der Waals surface area contributed by atoms with Gasteiger partial charge in [0, 0.05) is 43.7 Å². The third-order valence-electron chi connectivity index (χ3n) is 8.92. The van der Waals surface area contributed by atoms with Crippen LogP contribution in [-0.4, -0.2) is 56.2 Å². The van der Waals surface area contributed by atoms with E-state index in [0.29, 0.717) is 29.8 Å². The van der Waals surface area contributed by atoms with Crippen molar-refractivity contribution in [1.82, 2.24) is 24.6 Å². The topological polar surface area (TPSA) is 105 Å². The maximum atomic E-state index is 14.6. The largest absolute Gasteiger partial charge is 0.439 e. The second-order valence-electron chi connectivity index (χ2n) is 12.7. The van der Waals surface area contributed by atoms with Crippen molar-refractivity contribution >= 4 is 24.0 Å². The molecule has 1 N–H and O–H groups in total. The second-order valence-corrected chi connectivity index (χ2v) is 12.7. The zero-order valence-corrected chi connectivity index (χ0v) is 25.2. The van der Waals surface area contributed by atoms with Crippen LogP contribution in [0.25, 0.3) is 0 Å². The fourth-order valence-corrected chi connectivity index (χ4v) is 6.46. The van der Waals surface area contributed by atoms with Gasteiger partial charge in [0.25, 0.3) is 12.4 Å². The number of anilines is 2. The molecule has 44 heavy (non-hydrogen) atoms. The predicted molar refractivity (Wildman–Crippen MR) is 156 cm³/mol. The number of carbonyl (C=O) groups is 2. The Labute approximate surface area is 253 Å². The predicted octanol–water partition coefficient (Wildman–Crippen LogP) is 5.21. The number of likely N-dealkylation sites (tertiary alicyclic amines) is 1. The highest BCUT2D eigenvalue weighted by Crippen LogP contribution is 2.53. The summed E-state index contributed by atoms with van der Waals surface area (Å²) in [7, 11) is 1.84. The van der Waals surface area contributed by atoms with Gasteiger partial charge < -0.3 is 14.6 Å².